The van der Waals surface area contributed by atoms with Crippen molar-refractivity contribution in [3.05, 3.63) is 51.5 Å². The van der Waals surface area contributed by atoms with Crippen molar-refractivity contribution in [1.29, 1.82) is 0 Å². The van der Waals surface area contributed by atoms with Crippen molar-refractivity contribution in [2.24, 2.45) is 0 Å². The number of para-hydroxylation sites is 1. The van der Waals surface area contributed by atoms with Gasteiger partial charge >= 0.3 is 5.82 Å². The summed E-state index contributed by atoms with van der Waals surface area (Å²) in [4.78, 5) is 15.7. The molecule has 2 aromatic heterocycles. The maximum absolute atomic E-state index is 11.2. The zero-order chi connectivity index (χ0) is 15.1. The first kappa shape index (κ1) is 13.1. The topological polar surface area (TPSA) is 81.7 Å². The van der Waals surface area contributed by atoms with Crippen LogP contribution in [0.25, 0.3) is 4.96 Å². The molecule has 8 heteroatoms. The summed E-state index contributed by atoms with van der Waals surface area (Å²) in [7, 11) is 0. The molecule has 3 aromatic rings. The van der Waals surface area contributed by atoms with Gasteiger partial charge in [-0.1, -0.05) is 29.5 Å². The maximum Gasteiger partial charge on any atom is 0.372 e. The Morgan fingerprint density at radius 1 is 1.50 bits per heavy atom. The normalized spacial score (nSPS) is 16.5. The SMILES string of the molecule is O=[N+]([O-])c1c(NCC2Cc3ccccc3O2)nc2sccn12. The number of benzene rings is 1. The third-order valence-electron chi connectivity index (χ3n) is 3.62. The summed E-state index contributed by atoms with van der Waals surface area (Å²) in [6, 6.07) is 7.88. The Kier molecular flexibility index (Phi) is 2.97. The molecule has 0 saturated heterocycles. The van der Waals surface area contributed by atoms with E-state index in [1.54, 1.807) is 11.6 Å². The van der Waals surface area contributed by atoms with E-state index in [4.69, 9.17) is 4.74 Å². The van der Waals surface area contributed by atoms with Crippen molar-refractivity contribution in [3.63, 3.8) is 0 Å². The average Bonchev–Trinajstić information content (AvgIpc) is 3.17. The molecule has 0 bridgehead atoms. The zero-order valence-electron chi connectivity index (χ0n) is 11.4. The smallest absolute Gasteiger partial charge is 0.372 e. The summed E-state index contributed by atoms with van der Waals surface area (Å²) in [6.07, 6.45) is 2.40. The molecule has 0 saturated carbocycles. The molecule has 0 amide bonds. The molecule has 7 nitrogen and oxygen atoms in total. The van der Waals surface area contributed by atoms with Crippen molar-refractivity contribution in [2.75, 3.05) is 11.9 Å². The molecule has 4 rings (SSSR count). The summed E-state index contributed by atoms with van der Waals surface area (Å²) in [5.74, 6) is 1.14. The highest BCUT2D eigenvalue weighted by atomic mass is 32.1. The molecule has 22 heavy (non-hydrogen) atoms. The Bertz CT molecular complexity index is 832. The molecule has 1 aliphatic rings. The second kappa shape index (κ2) is 4.99. The van der Waals surface area contributed by atoms with Gasteiger partial charge in [-0.15, -0.1) is 0 Å². The molecule has 3 heterocycles. The van der Waals surface area contributed by atoms with Crippen molar-refractivity contribution in [1.82, 2.24) is 9.38 Å². The second-order valence-corrected chi connectivity index (χ2v) is 5.90. The van der Waals surface area contributed by atoms with Gasteiger partial charge in [0.05, 0.1) is 6.54 Å². The molecular formula is C14H12N4O3S. The van der Waals surface area contributed by atoms with Gasteiger partial charge in [0.1, 0.15) is 18.1 Å². The first-order valence-electron chi connectivity index (χ1n) is 6.81. The van der Waals surface area contributed by atoms with Crippen LogP contribution >= 0.6 is 11.3 Å². The van der Waals surface area contributed by atoms with Crippen LogP contribution < -0.4 is 10.1 Å². The van der Waals surface area contributed by atoms with E-state index < -0.39 is 4.92 Å². The van der Waals surface area contributed by atoms with E-state index in [2.05, 4.69) is 10.3 Å². The number of nitrogens with one attached hydrogen (secondary N) is 1. The monoisotopic (exact) mass is 316 g/mol. The zero-order valence-corrected chi connectivity index (χ0v) is 12.2. The van der Waals surface area contributed by atoms with Gasteiger partial charge in [-0.25, -0.2) is 0 Å². The fourth-order valence-electron chi connectivity index (χ4n) is 2.65. The Labute approximate surface area is 129 Å². The van der Waals surface area contributed by atoms with Crippen LogP contribution in [0.1, 0.15) is 5.56 Å². The molecule has 0 fully saturated rings. The molecule has 0 aliphatic carbocycles. The van der Waals surface area contributed by atoms with Crippen molar-refractivity contribution < 1.29 is 9.66 Å². The standard InChI is InChI=1S/C14H12N4O3S/c19-18(20)13-12(16-14-17(13)5-6-22-14)15-8-10-7-9-3-1-2-4-11(9)21-10/h1-6,10,15H,7-8H2. The molecule has 0 radical (unpaired) electrons. The minimum absolute atomic E-state index is 0.0354. The van der Waals surface area contributed by atoms with Crippen LogP contribution in [-0.2, 0) is 6.42 Å². The molecule has 1 aliphatic heterocycles. The van der Waals surface area contributed by atoms with E-state index in [9.17, 15) is 10.1 Å². The lowest BCUT2D eigenvalue weighted by atomic mass is 10.1. The molecule has 1 atom stereocenters. The number of nitro groups is 1. The number of nitrogens with zero attached hydrogens (tertiary/aromatic N) is 3. The average molecular weight is 316 g/mol. The van der Waals surface area contributed by atoms with Gasteiger partial charge in [0.15, 0.2) is 0 Å². The van der Waals surface area contributed by atoms with Crippen LogP contribution in [0.3, 0.4) is 0 Å². The minimum atomic E-state index is -0.417. The Balaban J connectivity index is 1.52. The number of imidazole rings is 1. The van der Waals surface area contributed by atoms with Gasteiger partial charge in [0.25, 0.3) is 4.96 Å². The third kappa shape index (κ3) is 2.08. The van der Waals surface area contributed by atoms with Crippen molar-refractivity contribution in [2.45, 2.75) is 12.5 Å². The molecule has 1 aromatic carbocycles. The third-order valence-corrected chi connectivity index (χ3v) is 4.38. The summed E-state index contributed by atoms with van der Waals surface area (Å²) in [6.45, 7) is 0.473. The summed E-state index contributed by atoms with van der Waals surface area (Å²) >= 11 is 1.36. The maximum atomic E-state index is 11.2. The van der Waals surface area contributed by atoms with Gasteiger partial charge in [0.2, 0.25) is 5.82 Å². The van der Waals surface area contributed by atoms with Crippen LogP contribution in [0.2, 0.25) is 0 Å². The van der Waals surface area contributed by atoms with Crippen molar-refractivity contribution in [3.8, 4) is 5.75 Å². The summed E-state index contributed by atoms with van der Waals surface area (Å²) < 4.78 is 7.30. The Morgan fingerprint density at radius 2 is 2.36 bits per heavy atom. The fraction of sp³-hybridized carbons (Fsp3) is 0.214. The van der Waals surface area contributed by atoms with Crippen LogP contribution in [0, 0.1) is 10.1 Å². The quantitative estimate of drug-likeness (QED) is 0.591. The highest BCUT2D eigenvalue weighted by molar-refractivity contribution is 7.15. The number of thiazole rings is 1. The van der Waals surface area contributed by atoms with E-state index in [1.165, 1.54) is 15.7 Å². The lowest BCUT2D eigenvalue weighted by molar-refractivity contribution is -0.389. The van der Waals surface area contributed by atoms with E-state index in [-0.39, 0.29) is 17.7 Å². The van der Waals surface area contributed by atoms with E-state index in [0.717, 1.165) is 17.7 Å². The Morgan fingerprint density at radius 3 is 3.18 bits per heavy atom. The molecule has 0 spiro atoms. The largest absolute Gasteiger partial charge is 0.488 e. The van der Waals surface area contributed by atoms with Crippen LogP contribution in [0.4, 0.5) is 11.6 Å². The van der Waals surface area contributed by atoms with Crippen LogP contribution in [0.5, 0.6) is 5.75 Å². The highest BCUT2D eigenvalue weighted by Gasteiger charge is 2.26. The predicted molar refractivity (Wildman–Crippen MR) is 82.8 cm³/mol. The number of anilines is 1. The van der Waals surface area contributed by atoms with Gasteiger partial charge in [-0.3, -0.25) is 0 Å². The molecule has 1 unspecified atom stereocenters. The number of ether oxygens (including phenoxy) is 1. The first-order chi connectivity index (χ1) is 10.7. The number of fused-ring (bicyclic) bond motifs is 2. The van der Waals surface area contributed by atoms with Gasteiger partial charge < -0.3 is 20.2 Å². The van der Waals surface area contributed by atoms with E-state index in [0.29, 0.717) is 11.5 Å². The van der Waals surface area contributed by atoms with Crippen LogP contribution in [-0.4, -0.2) is 27.0 Å². The number of hydrogen-bond acceptors (Lipinski definition) is 6. The number of rotatable bonds is 4. The molecular weight excluding hydrogens is 304 g/mol. The van der Waals surface area contributed by atoms with Crippen molar-refractivity contribution >= 4 is 27.9 Å². The van der Waals surface area contributed by atoms with Gasteiger partial charge in [-0.05, 0) is 16.6 Å². The van der Waals surface area contributed by atoms with E-state index >= 15 is 0 Å². The number of hydrogen-bond donors (Lipinski definition) is 1. The lowest BCUT2D eigenvalue weighted by Crippen LogP contribution is -2.24. The predicted octanol–water partition coefficient (Wildman–Crippen LogP) is 2.72. The van der Waals surface area contributed by atoms with Gasteiger partial charge in [-0.2, -0.15) is 9.38 Å². The van der Waals surface area contributed by atoms with E-state index in [1.807, 2.05) is 24.3 Å². The lowest BCUT2D eigenvalue weighted by Gasteiger charge is -2.11. The van der Waals surface area contributed by atoms with Crippen LogP contribution in [0.15, 0.2) is 35.8 Å². The first-order valence-corrected chi connectivity index (χ1v) is 7.68. The summed E-state index contributed by atoms with van der Waals surface area (Å²) in [5.41, 5.74) is 1.16. The Hall–Kier alpha value is -2.61. The van der Waals surface area contributed by atoms with Gasteiger partial charge in [0, 0.05) is 11.8 Å². The highest BCUT2D eigenvalue weighted by Crippen LogP contribution is 2.30. The molecule has 1 N–H and O–H groups in total. The summed E-state index contributed by atoms with van der Waals surface area (Å²) in [5, 5.41) is 16.1. The number of aromatic nitrogens is 2. The minimum Gasteiger partial charge on any atom is -0.488 e. The fourth-order valence-corrected chi connectivity index (χ4v) is 3.35. The second-order valence-electron chi connectivity index (χ2n) is 5.03. The molecule has 112 valence electrons.